The molecule has 1 aromatic carbocycles. The van der Waals surface area contributed by atoms with E-state index in [9.17, 15) is 14.3 Å². The third kappa shape index (κ3) is 2.54. The van der Waals surface area contributed by atoms with Gasteiger partial charge in [0.1, 0.15) is 5.82 Å². The molecule has 0 amide bonds. The molecule has 1 fully saturated rings. The lowest BCUT2D eigenvalue weighted by Crippen LogP contribution is -2.34. The molecule has 0 atom stereocenters. The van der Waals surface area contributed by atoms with Crippen LogP contribution in [0, 0.1) is 5.82 Å². The number of hydrogen-bond acceptors (Lipinski definition) is 2. The van der Waals surface area contributed by atoms with Gasteiger partial charge in [-0.15, -0.1) is 0 Å². The molecular weight excluding hydrogens is 315 g/mol. The molecular formula is C14H16BrFO3. The fourth-order valence-corrected chi connectivity index (χ4v) is 3.33. The lowest BCUT2D eigenvalue weighted by molar-refractivity contribution is -0.143. The molecule has 0 unspecified atom stereocenters. The van der Waals surface area contributed by atoms with Crippen LogP contribution in [0.25, 0.3) is 0 Å². The highest BCUT2D eigenvalue weighted by atomic mass is 79.9. The Morgan fingerprint density at radius 2 is 2.11 bits per heavy atom. The van der Waals surface area contributed by atoms with E-state index < -0.39 is 17.2 Å². The summed E-state index contributed by atoms with van der Waals surface area (Å²) in [6.45, 7) is 0.335. The van der Waals surface area contributed by atoms with Crippen molar-refractivity contribution in [1.29, 1.82) is 0 Å². The normalized spacial score (nSPS) is 17.6. The van der Waals surface area contributed by atoms with Gasteiger partial charge in [-0.1, -0.05) is 12.8 Å². The van der Waals surface area contributed by atoms with Gasteiger partial charge in [-0.2, -0.15) is 0 Å². The second-order valence-electron chi connectivity index (χ2n) is 4.97. The molecule has 0 bridgehead atoms. The summed E-state index contributed by atoms with van der Waals surface area (Å²) in [5.74, 6) is -1.41. The van der Waals surface area contributed by atoms with Gasteiger partial charge >= 0.3 is 5.97 Å². The number of methoxy groups -OCH3 is 1. The van der Waals surface area contributed by atoms with Crippen molar-refractivity contribution < 1.29 is 19.0 Å². The van der Waals surface area contributed by atoms with Crippen molar-refractivity contribution >= 4 is 21.9 Å². The molecule has 1 N–H and O–H groups in total. The van der Waals surface area contributed by atoms with Crippen LogP contribution >= 0.6 is 15.9 Å². The van der Waals surface area contributed by atoms with Crippen LogP contribution in [-0.4, -0.2) is 18.2 Å². The SMILES string of the molecule is COCc1cc(Br)c(F)c(C2(C(=O)O)CCCC2)c1. The molecule has 3 nitrogen and oxygen atoms in total. The Bertz CT molecular complexity index is 496. The van der Waals surface area contributed by atoms with Crippen LogP contribution < -0.4 is 0 Å². The maximum Gasteiger partial charge on any atom is 0.314 e. The predicted octanol–water partition coefficient (Wildman–Crippen LogP) is 3.63. The number of halogens is 2. The van der Waals surface area contributed by atoms with Gasteiger partial charge in [0, 0.05) is 12.7 Å². The zero-order valence-corrected chi connectivity index (χ0v) is 12.3. The maximum absolute atomic E-state index is 14.3. The number of carboxylic acid groups (broad SMARTS) is 1. The molecule has 0 saturated heterocycles. The summed E-state index contributed by atoms with van der Waals surface area (Å²) >= 11 is 3.16. The van der Waals surface area contributed by atoms with Crippen LogP contribution in [-0.2, 0) is 21.6 Å². The molecule has 5 heteroatoms. The van der Waals surface area contributed by atoms with Gasteiger partial charge in [0.2, 0.25) is 0 Å². The molecule has 1 aliphatic rings. The van der Waals surface area contributed by atoms with E-state index in [1.807, 2.05) is 0 Å². The van der Waals surface area contributed by atoms with Crippen molar-refractivity contribution in [3.63, 3.8) is 0 Å². The molecule has 2 rings (SSSR count). The highest BCUT2D eigenvalue weighted by Crippen LogP contribution is 2.44. The minimum atomic E-state index is -1.09. The summed E-state index contributed by atoms with van der Waals surface area (Å²) in [6, 6.07) is 3.26. The van der Waals surface area contributed by atoms with E-state index in [2.05, 4.69) is 15.9 Å². The van der Waals surface area contributed by atoms with Crippen LogP contribution in [0.1, 0.15) is 36.8 Å². The van der Waals surface area contributed by atoms with Crippen LogP contribution in [0.5, 0.6) is 0 Å². The fraction of sp³-hybridized carbons (Fsp3) is 0.500. The van der Waals surface area contributed by atoms with E-state index >= 15 is 0 Å². The summed E-state index contributed by atoms with van der Waals surface area (Å²) in [5.41, 5.74) is -0.0340. The van der Waals surface area contributed by atoms with Crippen molar-refractivity contribution in [2.45, 2.75) is 37.7 Å². The Balaban J connectivity index is 2.56. The van der Waals surface area contributed by atoms with Crippen molar-refractivity contribution in [1.82, 2.24) is 0 Å². The minimum absolute atomic E-state index is 0.277. The van der Waals surface area contributed by atoms with E-state index in [0.29, 0.717) is 23.9 Å². The van der Waals surface area contributed by atoms with E-state index in [0.717, 1.165) is 18.4 Å². The first kappa shape index (κ1) is 14.5. The van der Waals surface area contributed by atoms with E-state index in [1.54, 1.807) is 19.2 Å². The van der Waals surface area contributed by atoms with Crippen LogP contribution in [0.4, 0.5) is 4.39 Å². The summed E-state index contributed by atoms with van der Waals surface area (Å²) in [4.78, 5) is 11.6. The Labute approximate surface area is 119 Å². The van der Waals surface area contributed by atoms with E-state index in [1.165, 1.54) is 0 Å². The monoisotopic (exact) mass is 330 g/mol. The lowest BCUT2D eigenvalue weighted by atomic mass is 9.78. The summed E-state index contributed by atoms with van der Waals surface area (Å²) in [5, 5.41) is 9.54. The van der Waals surface area contributed by atoms with Crippen molar-refractivity contribution in [2.75, 3.05) is 7.11 Å². The fourth-order valence-electron chi connectivity index (χ4n) is 2.82. The van der Waals surface area contributed by atoms with Gasteiger partial charge in [0.15, 0.2) is 0 Å². The van der Waals surface area contributed by atoms with Gasteiger partial charge in [-0.05, 0) is 46.5 Å². The smallest absolute Gasteiger partial charge is 0.314 e. The number of aliphatic carboxylic acids is 1. The number of carboxylic acids is 1. The molecule has 1 aromatic rings. The number of ether oxygens (including phenoxy) is 1. The molecule has 19 heavy (non-hydrogen) atoms. The lowest BCUT2D eigenvalue weighted by Gasteiger charge is -2.26. The summed E-state index contributed by atoms with van der Waals surface area (Å²) in [6.07, 6.45) is 2.61. The maximum atomic E-state index is 14.3. The molecule has 104 valence electrons. The second-order valence-corrected chi connectivity index (χ2v) is 5.82. The number of benzene rings is 1. The minimum Gasteiger partial charge on any atom is -0.481 e. The van der Waals surface area contributed by atoms with Crippen LogP contribution in [0.2, 0.25) is 0 Å². The average molecular weight is 331 g/mol. The molecule has 1 saturated carbocycles. The molecule has 0 aliphatic heterocycles. The van der Waals surface area contributed by atoms with Gasteiger partial charge in [-0.25, -0.2) is 4.39 Å². The van der Waals surface area contributed by atoms with Crippen LogP contribution in [0.3, 0.4) is 0 Å². The van der Waals surface area contributed by atoms with Crippen molar-refractivity contribution in [3.8, 4) is 0 Å². The zero-order chi connectivity index (χ0) is 14.0. The number of rotatable bonds is 4. The first-order chi connectivity index (χ1) is 9.01. The Kier molecular flexibility index (Phi) is 4.26. The zero-order valence-electron chi connectivity index (χ0n) is 10.7. The predicted molar refractivity (Wildman–Crippen MR) is 72.6 cm³/mol. The third-order valence-electron chi connectivity index (χ3n) is 3.78. The van der Waals surface area contributed by atoms with E-state index in [-0.39, 0.29) is 5.56 Å². The Morgan fingerprint density at radius 1 is 1.47 bits per heavy atom. The first-order valence-corrected chi connectivity index (χ1v) is 7.01. The molecule has 0 aromatic heterocycles. The Hall–Kier alpha value is -0.940. The molecule has 0 spiro atoms. The summed E-state index contributed by atoms with van der Waals surface area (Å²) < 4.78 is 19.7. The third-order valence-corrected chi connectivity index (χ3v) is 4.36. The first-order valence-electron chi connectivity index (χ1n) is 6.22. The van der Waals surface area contributed by atoms with Crippen molar-refractivity contribution in [3.05, 3.63) is 33.5 Å². The highest BCUT2D eigenvalue weighted by Gasteiger charge is 2.45. The van der Waals surface area contributed by atoms with Gasteiger partial charge in [-0.3, -0.25) is 4.79 Å². The average Bonchev–Trinajstić information content (AvgIpc) is 2.84. The van der Waals surface area contributed by atoms with Crippen LogP contribution in [0.15, 0.2) is 16.6 Å². The van der Waals surface area contributed by atoms with E-state index in [4.69, 9.17) is 4.74 Å². The van der Waals surface area contributed by atoms with Crippen molar-refractivity contribution in [2.24, 2.45) is 0 Å². The quantitative estimate of drug-likeness (QED) is 0.916. The standard InChI is InChI=1S/C14H16BrFO3/c1-19-8-9-6-10(12(16)11(15)7-9)14(13(17)18)4-2-3-5-14/h6-7H,2-5,8H2,1H3,(H,17,18). The largest absolute Gasteiger partial charge is 0.481 e. The second kappa shape index (κ2) is 5.59. The van der Waals surface area contributed by atoms with Gasteiger partial charge in [0.05, 0.1) is 16.5 Å². The molecule has 0 radical (unpaired) electrons. The van der Waals surface area contributed by atoms with Gasteiger partial charge in [0.25, 0.3) is 0 Å². The number of hydrogen-bond donors (Lipinski definition) is 1. The Morgan fingerprint density at radius 3 is 2.63 bits per heavy atom. The summed E-state index contributed by atoms with van der Waals surface area (Å²) in [7, 11) is 1.56. The highest BCUT2D eigenvalue weighted by molar-refractivity contribution is 9.10. The van der Waals surface area contributed by atoms with Gasteiger partial charge < -0.3 is 9.84 Å². The number of carbonyl (C=O) groups is 1. The molecule has 1 aliphatic carbocycles. The topological polar surface area (TPSA) is 46.5 Å². The molecule has 0 heterocycles.